The highest BCUT2D eigenvalue weighted by atomic mass is 79.9. The Balaban J connectivity index is 1.81. The van der Waals surface area contributed by atoms with Gasteiger partial charge in [0.2, 0.25) is 11.0 Å². The minimum Gasteiger partial charge on any atom is -0.338 e. The average molecular weight is 367 g/mol. The van der Waals surface area contributed by atoms with Gasteiger partial charge in [0.1, 0.15) is 0 Å². The summed E-state index contributed by atoms with van der Waals surface area (Å²) < 4.78 is 7.41. The Morgan fingerprint density at radius 2 is 2.14 bits per heavy atom. The molecule has 0 amide bonds. The van der Waals surface area contributed by atoms with Gasteiger partial charge in [-0.15, -0.1) is 10.2 Å². The third-order valence-electron chi connectivity index (χ3n) is 2.67. The Hall–Kier alpha value is -1.87. The third kappa shape index (κ3) is 2.93. The van der Waals surface area contributed by atoms with Gasteiger partial charge in [0.05, 0.1) is 5.75 Å². The van der Waals surface area contributed by atoms with Crippen LogP contribution in [0.1, 0.15) is 11.7 Å². The van der Waals surface area contributed by atoms with Crippen molar-refractivity contribution >= 4 is 27.7 Å². The van der Waals surface area contributed by atoms with Crippen LogP contribution in [0.4, 0.5) is 0 Å². The quantitative estimate of drug-likeness (QED) is 0.559. The van der Waals surface area contributed by atoms with Crippen molar-refractivity contribution in [1.29, 1.82) is 0 Å². The van der Waals surface area contributed by atoms with Gasteiger partial charge < -0.3 is 10.4 Å². The fourth-order valence-corrected chi connectivity index (χ4v) is 2.88. The topological polar surface area (TPSA) is 95.7 Å². The van der Waals surface area contributed by atoms with E-state index in [2.05, 4.69) is 36.3 Å². The molecule has 0 fully saturated rings. The Morgan fingerprint density at radius 3 is 2.86 bits per heavy atom. The van der Waals surface area contributed by atoms with E-state index in [-0.39, 0.29) is 0 Å². The monoisotopic (exact) mass is 366 g/mol. The lowest BCUT2D eigenvalue weighted by atomic mass is 10.2. The number of aromatic nitrogens is 5. The van der Waals surface area contributed by atoms with Gasteiger partial charge in [0, 0.05) is 10.0 Å². The lowest BCUT2D eigenvalue weighted by Gasteiger charge is -2.04. The SMILES string of the molecule is Cc1noc(CSc2nnc(-c3ccccc3Br)n2N)n1. The molecular weight excluding hydrogens is 356 g/mol. The van der Waals surface area contributed by atoms with Gasteiger partial charge in [-0.25, -0.2) is 4.68 Å². The zero-order valence-corrected chi connectivity index (χ0v) is 13.4. The molecule has 7 nitrogen and oxygen atoms in total. The van der Waals surface area contributed by atoms with Crippen molar-refractivity contribution in [2.75, 3.05) is 5.84 Å². The molecule has 0 atom stereocenters. The smallest absolute Gasteiger partial charge is 0.237 e. The van der Waals surface area contributed by atoms with E-state index in [1.54, 1.807) is 6.92 Å². The number of hydrogen-bond acceptors (Lipinski definition) is 7. The van der Waals surface area contributed by atoms with Crippen LogP contribution in [0, 0.1) is 6.92 Å². The molecule has 0 saturated heterocycles. The van der Waals surface area contributed by atoms with E-state index >= 15 is 0 Å². The maximum absolute atomic E-state index is 6.06. The van der Waals surface area contributed by atoms with Crippen LogP contribution in [0.25, 0.3) is 11.4 Å². The second kappa shape index (κ2) is 5.86. The fourth-order valence-electron chi connectivity index (χ4n) is 1.73. The van der Waals surface area contributed by atoms with Gasteiger partial charge in [-0.05, 0) is 19.1 Å². The van der Waals surface area contributed by atoms with Gasteiger partial charge >= 0.3 is 0 Å². The van der Waals surface area contributed by atoms with Crippen LogP contribution in [-0.2, 0) is 5.75 Å². The summed E-state index contributed by atoms with van der Waals surface area (Å²) in [5.74, 6) is 8.27. The molecule has 0 spiro atoms. The first-order valence-electron chi connectivity index (χ1n) is 6.02. The molecule has 0 bridgehead atoms. The lowest BCUT2D eigenvalue weighted by Crippen LogP contribution is -2.11. The van der Waals surface area contributed by atoms with Gasteiger partial charge in [0.25, 0.3) is 0 Å². The van der Waals surface area contributed by atoms with E-state index in [9.17, 15) is 0 Å². The minimum absolute atomic E-state index is 0.492. The number of rotatable bonds is 4. The summed E-state index contributed by atoms with van der Waals surface area (Å²) in [7, 11) is 0. The molecule has 0 aliphatic heterocycles. The second-order valence-electron chi connectivity index (χ2n) is 4.18. The maximum Gasteiger partial charge on any atom is 0.237 e. The molecule has 2 aromatic heterocycles. The summed E-state index contributed by atoms with van der Waals surface area (Å²) in [4.78, 5) is 4.13. The minimum atomic E-state index is 0.492. The van der Waals surface area contributed by atoms with Crippen molar-refractivity contribution in [2.24, 2.45) is 0 Å². The van der Waals surface area contributed by atoms with Crippen molar-refractivity contribution < 1.29 is 4.52 Å². The normalized spacial score (nSPS) is 11.0. The average Bonchev–Trinajstić information content (AvgIpc) is 3.04. The molecule has 0 radical (unpaired) electrons. The highest BCUT2D eigenvalue weighted by Crippen LogP contribution is 2.28. The molecule has 0 saturated carbocycles. The van der Waals surface area contributed by atoms with Crippen LogP contribution in [0.15, 0.2) is 38.4 Å². The highest BCUT2D eigenvalue weighted by molar-refractivity contribution is 9.10. The van der Waals surface area contributed by atoms with Crippen LogP contribution in [0.5, 0.6) is 0 Å². The Bertz CT molecular complexity index is 771. The van der Waals surface area contributed by atoms with Crippen molar-refractivity contribution in [1.82, 2.24) is 25.0 Å². The molecule has 3 aromatic rings. The first-order chi connectivity index (χ1) is 10.1. The van der Waals surface area contributed by atoms with Gasteiger partial charge in [-0.2, -0.15) is 4.98 Å². The molecule has 0 aliphatic carbocycles. The largest absolute Gasteiger partial charge is 0.338 e. The third-order valence-corrected chi connectivity index (χ3v) is 4.29. The van der Waals surface area contributed by atoms with Crippen molar-refractivity contribution in [3.05, 3.63) is 40.5 Å². The predicted molar refractivity (Wildman–Crippen MR) is 81.9 cm³/mol. The van der Waals surface area contributed by atoms with Crippen LogP contribution in [0.2, 0.25) is 0 Å². The van der Waals surface area contributed by atoms with Crippen molar-refractivity contribution in [3.63, 3.8) is 0 Å². The number of benzene rings is 1. The standard InChI is InChI=1S/C12H11BrN6OS/c1-7-15-10(20-18-7)6-21-12-17-16-11(19(12)14)8-4-2-3-5-9(8)13/h2-5H,6,14H2,1H3. The Labute approximate surface area is 133 Å². The fraction of sp³-hybridized carbons (Fsp3) is 0.167. The van der Waals surface area contributed by atoms with E-state index in [0.29, 0.717) is 28.4 Å². The first-order valence-corrected chi connectivity index (χ1v) is 7.80. The van der Waals surface area contributed by atoms with Crippen LogP contribution in [0.3, 0.4) is 0 Å². The van der Waals surface area contributed by atoms with Crippen LogP contribution < -0.4 is 5.84 Å². The van der Waals surface area contributed by atoms with Crippen molar-refractivity contribution in [3.8, 4) is 11.4 Å². The summed E-state index contributed by atoms with van der Waals surface area (Å²) in [6.07, 6.45) is 0. The molecule has 1 aromatic carbocycles. The maximum atomic E-state index is 6.06. The van der Waals surface area contributed by atoms with Gasteiger partial charge in [0.15, 0.2) is 11.6 Å². The summed E-state index contributed by atoms with van der Waals surface area (Å²) in [6, 6.07) is 7.70. The Kier molecular flexibility index (Phi) is 3.93. The van der Waals surface area contributed by atoms with Crippen LogP contribution >= 0.6 is 27.7 Å². The van der Waals surface area contributed by atoms with Crippen molar-refractivity contribution in [2.45, 2.75) is 17.8 Å². The molecular formula is C12H11BrN6OS. The summed E-state index contributed by atoms with van der Waals surface area (Å²) in [6.45, 7) is 1.77. The Morgan fingerprint density at radius 1 is 1.33 bits per heavy atom. The summed E-state index contributed by atoms with van der Waals surface area (Å²) >= 11 is 4.87. The first kappa shape index (κ1) is 14.1. The number of nitrogens with zero attached hydrogens (tertiary/aromatic N) is 5. The highest BCUT2D eigenvalue weighted by Gasteiger charge is 2.15. The number of hydrogen-bond donors (Lipinski definition) is 1. The molecule has 108 valence electrons. The number of nitrogens with two attached hydrogens (primary N) is 1. The van der Waals surface area contributed by atoms with E-state index in [1.165, 1.54) is 16.4 Å². The second-order valence-corrected chi connectivity index (χ2v) is 5.98. The van der Waals surface area contributed by atoms with E-state index in [4.69, 9.17) is 10.4 Å². The molecule has 0 aliphatic rings. The lowest BCUT2D eigenvalue weighted by molar-refractivity contribution is 0.387. The zero-order chi connectivity index (χ0) is 14.8. The number of halogens is 1. The molecule has 2 heterocycles. The van der Waals surface area contributed by atoms with Gasteiger partial charge in [-0.3, -0.25) is 0 Å². The molecule has 21 heavy (non-hydrogen) atoms. The number of aryl methyl sites for hydroxylation is 1. The number of nitrogen functional groups attached to an aromatic ring is 1. The number of thioether (sulfide) groups is 1. The van der Waals surface area contributed by atoms with E-state index in [1.807, 2.05) is 24.3 Å². The van der Waals surface area contributed by atoms with E-state index in [0.717, 1.165) is 10.0 Å². The van der Waals surface area contributed by atoms with Crippen LogP contribution in [-0.4, -0.2) is 25.0 Å². The molecule has 0 unspecified atom stereocenters. The summed E-state index contributed by atoms with van der Waals surface area (Å²) in [5, 5.41) is 12.5. The predicted octanol–water partition coefficient (Wildman–Crippen LogP) is 2.41. The molecule has 2 N–H and O–H groups in total. The molecule has 3 rings (SSSR count). The van der Waals surface area contributed by atoms with Gasteiger partial charge in [-0.1, -0.05) is 45.0 Å². The zero-order valence-electron chi connectivity index (χ0n) is 11.0. The van der Waals surface area contributed by atoms with E-state index < -0.39 is 0 Å². The summed E-state index contributed by atoms with van der Waals surface area (Å²) in [5.41, 5.74) is 0.882. The molecule has 9 heteroatoms.